The molecule has 0 saturated heterocycles. The number of fused-ring (bicyclic) bond motifs is 1. The van der Waals surface area contributed by atoms with Crippen LogP contribution in [0, 0.1) is 17.7 Å². The van der Waals surface area contributed by atoms with Gasteiger partial charge in [0.05, 0.1) is 13.2 Å². The molecule has 0 aromatic heterocycles. The van der Waals surface area contributed by atoms with Crippen molar-refractivity contribution < 1.29 is 28.6 Å². The van der Waals surface area contributed by atoms with Crippen molar-refractivity contribution in [2.45, 2.75) is 25.4 Å². The van der Waals surface area contributed by atoms with E-state index in [2.05, 4.69) is 17.2 Å². The van der Waals surface area contributed by atoms with Gasteiger partial charge in [-0.05, 0) is 36.2 Å². The van der Waals surface area contributed by atoms with Gasteiger partial charge in [0, 0.05) is 30.5 Å². The highest BCUT2D eigenvalue weighted by Gasteiger charge is 2.21. The number of allylic oxidation sites excluding steroid dienone is 1. The van der Waals surface area contributed by atoms with Crippen molar-refractivity contribution >= 4 is 11.9 Å². The molecule has 2 aromatic rings. The van der Waals surface area contributed by atoms with E-state index in [1.165, 1.54) is 30.5 Å². The van der Waals surface area contributed by atoms with Crippen LogP contribution in [0.2, 0.25) is 0 Å². The number of rotatable bonds is 3. The van der Waals surface area contributed by atoms with Gasteiger partial charge >= 0.3 is 5.97 Å². The normalized spacial score (nSPS) is 17.5. The Balaban J connectivity index is 1.61. The van der Waals surface area contributed by atoms with Gasteiger partial charge in [-0.15, -0.1) is 0 Å². The zero-order valence-corrected chi connectivity index (χ0v) is 17.9. The van der Waals surface area contributed by atoms with Crippen molar-refractivity contribution in [1.82, 2.24) is 5.32 Å². The lowest BCUT2D eigenvalue weighted by Gasteiger charge is -2.18. The van der Waals surface area contributed by atoms with Crippen molar-refractivity contribution in [2.24, 2.45) is 0 Å². The third kappa shape index (κ3) is 7.63. The van der Waals surface area contributed by atoms with E-state index in [1.807, 2.05) is 12.2 Å². The molecule has 6 nitrogen and oxygen atoms in total. The Hall–Kier alpha value is -3.89. The first-order valence-electron chi connectivity index (χ1n) is 10.5. The molecule has 1 aliphatic heterocycles. The van der Waals surface area contributed by atoms with E-state index in [4.69, 9.17) is 9.47 Å². The number of hydrogen-bond acceptors (Lipinski definition) is 5. The van der Waals surface area contributed by atoms with Crippen LogP contribution in [0.5, 0.6) is 5.75 Å². The first-order chi connectivity index (χ1) is 16.0. The van der Waals surface area contributed by atoms with E-state index >= 15 is 0 Å². The summed E-state index contributed by atoms with van der Waals surface area (Å²) in [6.07, 6.45) is 7.54. The molecule has 7 heteroatoms. The minimum Gasteiger partial charge on any atom is -0.507 e. The topological polar surface area (TPSA) is 84.9 Å². The lowest BCUT2D eigenvalue weighted by Crippen LogP contribution is -2.21. The van der Waals surface area contributed by atoms with Gasteiger partial charge in [0.1, 0.15) is 23.2 Å². The fraction of sp³-hybridized carbons (Fsp3) is 0.231. The van der Waals surface area contributed by atoms with Crippen LogP contribution in [0.15, 0.2) is 66.9 Å². The Kier molecular flexibility index (Phi) is 8.80. The molecule has 0 aliphatic carbocycles. The summed E-state index contributed by atoms with van der Waals surface area (Å²) in [5, 5.41) is 12.7. The SMILES string of the molecule is O=C(C#Cc1cccc(F)c1)N/C=C/CC1CCOC/C=C/Cc2cccc(O)c2C(=O)O1. The first kappa shape index (κ1) is 23.8. The minimum atomic E-state index is -0.611. The Morgan fingerprint density at radius 3 is 2.94 bits per heavy atom. The molecule has 0 bridgehead atoms. The van der Waals surface area contributed by atoms with Gasteiger partial charge in [-0.2, -0.15) is 0 Å². The number of phenols is 1. The van der Waals surface area contributed by atoms with Gasteiger partial charge in [0.2, 0.25) is 0 Å². The van der Waals surface area contributed by atoms with E-state index < -0.39 is 23.8 Å². The number of carbonyl (C=O) groups is 2. The highest BCUT2D eigenvalue weighted by atomic mass is 19.1. The van der Waals surface area contributed by atoms with Crippen molar-refractivity contribution in [3.63, 3.8) is 0 Å². The maximum atomic E-state index is 13.2. The summed E-state index contributed by atoms with van der Waals surface area (Å²) in [5.41, 5.74) is 1.21. The van der Waals surface area contributed by atoms with E-state index in [9.17, 15) is 19.1 Å². The third-order valence-corrected chi connectivity index (χ3v) is 4.79. The Labute approximate surface area is 191 Å². The number of phenolic OH excluding ortho intramolecular Hbond substituents is 1. The summed E-state index contributed by atoms with van der Waals surface area (Å²) >= 11 is 0. The number of esters is 1. The second-order valence-corrected chi connectivity index (χ2v) is 7.25. The quantitative estimate of drug-likeness (QED) is 0.425. The molecule has 1 atom stereocenters. The molecular weight excluding hydrogens is 425 g/mol. The van der Waals surface area contributed by atoms with Gasteiger partial charge < -0.3 is 19.9 Å². The lowest BCUT2D eigenvalue weighted by atomic mass is 10.0. The zero-order valence-electron chi connectivity index (χ0n) is 17.9. The van der Waals surface area contributed by atoms with Crippen LogP contribution in [-0.4, -0.2) is 36.3 Å². The summed E-state index contributed by atoms with van der Waals surface area (Å²) in [6, 6.07) is 10.5. The molecule has 0 saturated carbocycles. The van der Waals surface area contributed by atoms with Crippen LogP contribution in [0.3, 0.4) is 0 Å². The highest BCUT2D eigenvalue weighted by molar-refractivity contribution is 5.95. The van der Waals surface area contributed by atoms with Crippen molar-refractivity contribution in [1.29, 1.82) is 0 Å². The molecular formula is C26H24FNO5. The molecule has 1 unspecified atom stereocenters. The van der Waals surface area contributed by atoms with E-state index in [-0.39, 0.29) is 11.3 Å². The maximum Gasteiger partial charge on any atom is 0.342 e. The molecule has 1 aliphatic rings. The zero-order chi connectivity index (χ0) is 23.5. The van der Waals surface area contributed by atoms with Crippen LogP contribution < -0.4 is 5.32 Å². The largest absolute Gasteiger partial charge is 0.507 e. The summed E-state index contributed by atoms with van der Waals surface area (Å²) in [7, 11) is 0. The number of cyclic esters (lactones) is 1. The molecule has 0 spiro atoms. The average Bonchev–Trinajstić information content (AvgIpc) is 2.78. The number of benzene rings is 2. The molecule has 1 heterocycles. The number of amides is 1. The monoisotopic (exact) mass is 449 g/mol. The van der Waals surface area contributed by atoms with Crippen molar-refractivity contribution in [2.75, 3.05) is 13.2 Å². The van der Waals surface area contributed by atoms with Crippen LogP contribution >= 0.6 is 0 Å². The summed E-state index contributed by atoms with van der Waals surface area (Å²) in [4.78, 5) is 24.6. The number of carbonyl (C=O) groups excluding carboxylic acids is 2. The van der Waals surface area contributed by atoms with Gasteiger partial charge in [0.15, 0.2) is 0 Å². The molecule has 33 heavy (non-hydrogen) atoms. The van der Waals surface area contributed by atoms with Gasteiger partial charge in [-0.25, -0.2) is 9.18 Å². The third-order valence-electron chi connectivity index (χ3n) is 4.79. The predicted molar refractivity (Wildman–Crippen MR) is 121 cm³/mol. The van der Waals surface area contributed by atoms with Gasteiger partial charge in [-0.1, -0.05) is 42.3 Å². The maximum absolute atomic E-state index is 13.2. The second kappa shape index (κ2) is 12.2. The molecule has 0 fully saturated rings. The molecule has 2 aromatic carbocycles. The molecule has 1 amide bonds. The molecule has 0 radical (unpaired) electrons. The van der Waals surface area contributed by atoms with Crippen molar-refractivity contribution in [3.8, 4) is 17.6 Å². The summed E-state index contributed by atoms with van der Waals surface area (Å²) < 4.78 is 24.3. The first-order valence-corrected chi connectivity index (χ1v) is 10.5. The van der Waals surface area contributed by atoms with E-state index in [1.54, 1.807) is 24.3 Å². The Bertz CT molecular complexity index is 1110. The molecule has 2 N–H and O–H groups in total. The number of halogens is 1. The van der Waals surface area contributed by atoms with E-state index in [0.717, 1.165) is 0 Å². The smallest absolute Gasteiger partial charge is 0.342 e. The minimum absolute atomic E-state index is 0.127. The summed E-state index contributed by atoms with van der Waals surface area (Å²) in [5.74, 6) is 3.24. The van der Waals surface area contributed by atoms with Crippen LogP contribution in [0.1, 0.15) is 34.3 Å². The van der Waals surface area contributed by atoms with Gasteiger partial charge in [-0.3, -0.25) is 4.79 Å². The number of ether oxygens (including phenoxy) is 2. The fourth-order valence-electron chi connectivity index (χ4n) is 3.16. The Morgan fingerprint density at radius 2 is 2.09 bits per heavy atom. The highest BCUT2D eigenvalue weighted by Crippen LogP contribution is 2.24. The standard InChI is InChI=1S/C26H24FNO5/c27-21-9-3-6-19(18-21)12-13-24(30)28-15-5-10-22-14-17-32-16-2-1-7-20-8-4-11-23(29)25(20)26(31)33-22/h1-6,8-9,11,15,18,22,29H,7,10,14,16-17H2,(H,28,30)/b2-1+,15-5+. The lowest BCUT2D eigenvalue weighted by molar-refractivity contribution is -0.114. The average molecular weight is 449 g/mol. The molecule has 3 rings (SSSR count). The van der Waals surface area contributed by atoms with Crippen LogP contribution in [-0.2, 0) is 20.7 Å². The van der Waals surface area contributed by atoms with Crippen molar-refractivity contribution in [3.05, 3.63) is 89.4 Å². The van der Waals surface area contributed by atoms with E-state index in [0.29, 0.717) is 43.6 Å². The summed E-state index contributed by atoms with van der Waals surface area (Å²) in [6.45, 7) is 0.819. The van der Waals surface area contributed by atoms with Gasteiger partial charge in [0.25, 0.3) is 5.91 Å². The number of hydrogen-bond donors (Lipinski definition) is 2. The fourth-order valence-corrected chi connectivity index (χ4v) is 3.16. The molecule has 170 valence electrons. The predicted octanol–water partition coefficient (Wildman–Crippen LogP) is 3.65. The van der Waals surface area contributed by atoms with Crippen LogP contribution in [0.25, 0.3) is 0 Å². The number of nitrogens with one attached hydrogen (secondary N) is 1. The van der Waals surface area contributed by atoms with Crippen LogP contribution in [0.4, 0.5) is 4.39 Å². The second-order valence-electron chi connectivity index (χ2n) is 7.25. The Morgan fingerprint density at radius 1 is 1.24 bits per heavy atom. The number of aromatic hydroxyl groups is 1.